The van der Waals surface area contributed by atoms with Gasteiger partial charge in [0, 0.05) is 23.1 Å². The number of hydrogen-bond donors (Lipinski definition) is 3. The van der Waals surface area contributed by atoms with E-state index in [2.05, 4.69) is 21.4 Å². The normalized spacial score (nSPS) is 15.5. The van der Waals surface area contributed by atoms with Gasteiger partial charge in [-0.25, -0.2) is 10.9 Å². The Hall–Kier alpha value is -2.45. The van der Waals surface area contributed by atoms with Crippen LogP contribution in [0, 0.1) is 6.92 Å². The molecule has 2 aromatic rings. The highest BCUT2D eigenvalue weighted by atomic mass is 32.1. The molecule has 2 heterocycles. The summed E-state index contributed by atoms with van der Waals surface area (Å²) in [5, 5.41) is 6.16. The van der Waals surface area contributed by atoms with E-state index in [9.17, 15) is 9.59 Å². The van der Waals surface area contributed by atoms with Crippen molar-refractivity contribution < 1.29 is 14.0 Å². The molecule has 8 heteroatoms. The highest BCUT2D eigenvalue weighted by Crippen LogP contribution is 2.29. The van der Waals surface area contributed by atoms with Crippen molar-refractivity contribution in [1.29, 1.82) is 0 Å². The van der Waals surface area contributed by atoms with Gasteiger partial charge in [-0.05, 0) is 52.0 Å². The topological polar surface area (TPSA) is 95.7 Å². The fraction of sp³-hybridized carbons (Fsp3) is 0.421. The van der Waals surface area contributed by atoms with E-state index in [1.54, 1.807) is 6.07 Å². The van der Waals surface area contributed by atoms with E-state index in [-0.39, 0.29) is 23.1 Å². The van der Waals surface area contributed by atoms with Gasteiger partial charge < -0.3 is 4.42 Å². The average Bonchev–Trinajstić information content (AvgIpc) is 3.26. The van der Waals surface area contributed by atoms with Crippen molar-refractivity contribution in [3.8, 4) is 0 Å². The Morgan fingerprint density at radius 2 is 2.00 bits per heavy atom. The number of amides is 2. The van der Waals surface area contributed by atoms with E-state index in [4.69, 9.17) is 4.42 Å². The molecule has 3 rings (SSSR count). The molecule has 1 aliphatic carbocycles. The van der Waals surface area contributed by atoms with Gasteiger partial charge in [-0.3, -0.25) is 15.0 Å². The molecular weight excluding hydrogens is 364 g/mol. The van der Waals surface area contributed by atoms with Crippen molar-refractivity contribution in [2.45, 2.75) is 52.5 Å². The molecule has 2 aromatic heterocycles. The van der Waals surface area contributed by atoms with Crippen LogP contribution in [0.15, 0.2) is 27.0 Å². The van der Waals surface area contributed by atoms with Crippen LogP contribution in [-0.4, -0.2) is 23.1 Å². The molecular formula is C19H24N4O3S. The zero-order chi connectivity index (χ0) is 19.6. The first-order chi connectivity index (χ1) is 12.8. The van der Waals surface area contributed by atoms with Crippen LogP contribution in [0.25, 0.3) is 0 Å². The van der Waals surface area contributed by atoms with Crippen LogP contribution in [0.4, 0.5) is 0 Å². The van der Waals surface area contributed by atoms with Crippen LogP contribution >= 0.6 is 11.3 Å². The molecule has 0 unspecified atom stereocenters. The summed E-state index contributed by atoms with van der Waals surface area (Å²) in [5.41, 5.74) is 10.3. The third-order valence-corrected chi connectivity index (χ3v) is 4.99. The molecule has 1 aliphatic rings. The Bertz CT molecular complexity index is 876. The van der Waals surface area contributed by atoms with Crippen LogP contribution in [0.1, 0.15) is 70.7 Å². The number of hydrogen-bond acceptors (Lipinski definition) is 6. The third kappa shape index (κ3) is 4.45. The molecule has 0 saturated heterocycles. The van der Waals surface area contributed by atoms with Crippen molar-refractivity contribution in [3.63, 3.8) is 0 Å². The van der Waals surface area contributed by atoms with Crippen molar-refractivity contribution in [2.75, 3.05) is 0 Å². The molecule has 0 saturated carbocycles. The lowest BCUT2D eigenvalue weighted by Crippen LogP contribution is -2.48. The van der Waals surface area contributed by atoms with Crippen molar-refractivity contribution in [2.24, 2.45) is 5.10 Å². The molecule has 27 heavy (non-hydrogen) atoms. The first-order valence-corrected chi connectivity index (χ1v) is 9.75. The zero-order valence-corrected chi connectivity index (χ0v) is 16.8. The Morgan fingerprint density at radius 3 is 2.67 bits per heavy atom. The minimum absolute atomic E-state index is 0.238. The lowest BCUT2D eigenvalue weighted by molar-refractivity contribution is 0.0882. The van der Waals surface area contributed by atoms with E-state index in [0.29, 0.717) is 4.88 Å². The second-order valence-electron chi connectivity index (χ2n) is 7.51. The van der Waals surface area contributed by atoms with E-state index in [0.717, 1.165) is 41.9 Å². The maximum Gasteiger partial charge on any atom is 0.301 e. The van der Waals surface area contributed by atoms with E-state index >= 15 is 0 Å². The molecule has 0 fully saturated rings. The van der Waals surface area contributed by atoms with Crippen LogP contribution in [0.2, 0.25) is 0 Å². The summed E-state index contributed by atoms with van der Waals surface area (Å²) >= 11 is 1.36. The number of hydrazone groups is 1. The molecule has 0 radical (unpaired) electrons. The molecule has 7 nitrogen and oxygen atoms in total. The maximum absolute atomic E-state index is 12.5. The number of furan rings is 1. The number of thiophene rings is 1. The monoisotopic (exact) mass is 388 g/mol. The second kappa shape index (κ2) is 7.66. The lowest BCUT2D eigenvalue weighted by Gasteiger charge is -2.20. The molecule has 0 bridgehead atoms. The van der Waals surface area contributed by atoms with Gasteiger partial charge in [-0.1, -0.05) is 6.07 Å². The second-order valence-corrected chi connectivity index (χ2v) is 8.46. The quantitative estimate of drug-likeness (QED) is 0.701. The van der Waals surface area contributed by atoms with E-state index < -0.39 is 0 Å². The largest absolute Gasteiger partial charge is 0.455 e. The van der Waals surface area contributed by atoms with Gasteiger partial charge in [0.25, 0.3) is 5.91 Å². The first-order valence-electron chi connectivity index (χ1n) is 8.87. The van der Waals surface area contributed by atoms with Crippen molar-refractivity contribution in [1.82, 2.24) is 16.3 Å². The lowest BCUT2D eigenvalue weighted by atomic mass is 9.93. The number of carbonyl (C=O) groups excluding carboxylic acids is 2. The molecule has 0 aliphatic heterocycles. The number of carbonyl (C=O) groups is 2. The fourth-order valence-electron chi connectivity index (χ4n) is 2.88. The van der Waals surface area contributed by atoms with Crippen LogP contribution < -0.4 is 16.3 Å². The van der Waals surface area contributed by atoms with Crippen LogP contribution in [0.5, 0.6) is 0 Å². The molecule has 0 spiro atoms. The minimum Gasteiger partial charge on any atom is -0.455 e. The number of aryl methyl sites for hydroxylation is 1. The first kappa shape index (κ1) is 19.3. The minimum atomic E-state index is -0.321. The van der Waals surface area contributed by atoms with Gasteiger partial charge >= 0.3 is 5.91 Å². The van der Waals surface area contributed by atoms with Crippen LogP contribution in [0.3, 0.4) is 0 Å². The predicted octanol–water partition coefficient (Wildman–Crippen LogP) is 3.15. The number of fused-ring (bicyclic) bond motifs is 1. The number of rotatable bonds is 4. The zero-order valence-electron chi connectivity index (χ0n) is 15.9. The fourth-order valence-corrected chi connectivity index (χ4v) is 3.49. The van der Waals surface area contributed by atoms with Gasteiger partial charge in [0.05, 0.1) is 10.6 Å². The summed E-state index contributed by atoms with van der Waals surface area (Å²) in [5.74, 6) is 0.455. The van der Waals surface area contributed by atoms with Gasteiger partial charge in [-0.2, -0.15) is 5.10 Å². The van der Waals surface area contributed by atoms with Crippen molar-refractivity contribution in [3.05, 3.63) is 45.0 Å². The number of hydrazine groups is 1. The smallest absolute Gasteiger partial charge is 0.301 e. The molecule has 0 aromatic carbocycles. The Labute approximate surface area is 162 Å². The van der Waals surface area contributed by atoms with Gasteiger partial charge in [-0.15, -0.1) is 11.3 Å². The Balaban J connectivity index is 1.81. The molecule has 2 amide bonds. The standard InChI is InChI=1S/C19H24N4O3S/c1-11-15-12(20-21-17(24)14-9-6-10-27-14)7-5-8-13(15)26-16(11)18(25)22-23-19(2,3)4/h6,9-10,23H,5,7-8H2,1-4H3,(H,21,24)(H,22,25)/b20-12+. The third-order valence-electron chi connectivity index (χ3n) is 4.12. The van der Waals surface area contributed by atoms with E-state index in [1.807, 2.05) is 39.1 Å². The molecule has 3 N–H and O–H groups in total. The average molecular weight is 388 g/mol. The summed E-state index contributed by atoms with van der Waals surface area (Å²) in [7, 11) is 0. The number of nitrogens with zero attached hydrogens (tertiary/aromatic N) is 1. The SMILES string of the molecule is Cc1c(C(=O)NNC(C)(C)C)oc2c1/C(=N/NC(=O)c1cccs1)CCC2. The summed E-state index contributed by atoms with van der Waals surface area (Å²) in [6.07, 6.45) is 2.32. The maximum atomic E-state index is 12.5. The van der Waals surface area contributed by atoms with Gasteiger partial charge in [0.1, 0.15) is 5.76 Å². The van der Waals surface area contributed by atoms with E-state index in [1.165, 1.54) is 11.3 Å². The van der Waals surface area contributed by atoms with Gasteiger partial charge in [0.2, 0.25) is 0 Å². The summed E-state index contributed by atoms with van der Waals surface area (Å²) in [6.45, 7) is 7.70. The highest BCUT2D eigenvalue weighted by Gasteiger charge is 2.28. The summed E-state index contributed by atoms with van der Waals surface area (Å²) < 4.78 is 5.83. The summed E-state index contributed by atoms with van der Waals surface area (Å²) in [6, 6.07) is 3.57. The molecule has 144 valence electrons. The Kier molecular flexibility index (Phi) is 5.48. The highest BCUT2D eigenvalue weighted by molar-refractivity contribution is 7.12. The number of nitrogens with one attached hydrogen (secondary N) is 3. The van der Waals surface area contributed by atoms with Gasteiger partial charge in [0.15, 0.2) is 5.76 Å². The summed E-state index contributed by atoms with van der Waals surface area (Å²) in [4.78, 5) is 25.2. The Morgan fingerprint density at radius 1 is 1.22 bits per heavy atom. The molecule has 0 atom stereocenters. The predicted molar refractivity (Wildman–Crippen MR) is 105 cm³/mol. The van der Waals surface area contributed by atoms with Crippen molar-refractivity contribution >= 4 is 28.9 Å². The van der Waals surface area contributed by atoms with Crippen LogP contribution in [-0.2, 0) is 6.42 Å².